The van der Waals surface area contributed by atoms with E-state index >= 15 is 0 Å². The molecule has 0 aromatic heterocycles. The second kappa shape index (κ2) is 6.23. The van der Waals surface area contributed by atoms with E-state index in [0.29, 0.717) is 17.9 Å². The van der Waals surface area contributed by atoms with Crippen LogP contribution in [-0.4, -0.2) is 61.0 Å². The molecule has 0 radical (unpaired) electrons. The molecule has 4 heteroatoms. The summed E-state index contributed by atoms with van der Waals surface area (Å²) < 4.78 is 0. The first kappa shape index (κ1) is 13.4. The molecular formula is C15H27N3O. The second-order valence-electron chi connectivity index (χ2n) is 6.44. The summed E-state index contributed by atoms with van der Waals surface area (Å²) in [6.45, 7) is 6.64. The number of nitrogens with one attached hydrogen (secondary N) is 1. The maximum absolute atomic E-state index is 12.4. The highest BCUT2D eigenvalue weighted by molar-refractivity contribution is 5.76. The van der Waals surface area contributed by atoms with Crippen molar-refractivity contribution in [2.75, 3.05) is 39.3 Å². The number of piperidine rings is 1. The lowest BCUT2D eigenvalue weighted by Gasteiger charge is -2.26. The third kappa shape index (κ3) is 3.29. The number of hydrogen-bond acceptors (Lipinski definition) is 3. The van der Waals surface area contributed by atoms with E-state index in [4.69, 9.17) is 0 Å². The molecule has 1 amide bonds. The van der Waals surface area contributed by atoms with Crippen molar-refractivity contribution in [2.24, 2.45) is 5.92 Å². The Kier molecular flexibility index (Phi) is 4.38. The molecule has 19 heavy (non-hydrogen) atoms. The van der Waals surface area contributed by atoms with E-state index in [2.05, 4.69) is 15.1 Å². The maximum Gasteiger partial charge on any atom is 0.222 e. The van der Waals surface area contributed by atoms with Crippen LogP contribution >= 0.6 is 0 Å². The fraction of sp³-hybridized carbons (Fsp3) is 0.933. The standard InChI is InChI=1S/C15H27N3O/c19-15(10-13-4-3-6-16-11-13)18-9-5-14(12-18)17-7-1-2-8-17/h13-14,16H,1-12H2. The Morgan fingerprint density at radius 2 is 1.95 bits per heavy atom. The van der Waals surface area contributed by atoms with Gasteiger partial charge in [-0.25, -0.2) is 0 Å². The molecule has 3 heterocycles. The lowest BCUT2D eigenvalue weighted by Crippen LogP contribution is -2.39. The number of carbonyl (C=O) groups excluding carboxylic acids is 1. The van der Waals surface area contributed by atoms with E-state index in [1.54, 1.807) is 0 Å². The molecule has 4 nitrogen and oxygen atoms in total. The maximum atomic E-state index is 12.4. The molecule has 3 fully saturated rings. The molecule has 2 atom stereocenters. The number of likely N-dealkylation sites (tertiary alicyclic amines) is 2. The quantitative estimate of drug-likeness (QED) is 0.829. The zero-order valence-electron chi connectivity index (χ0n) is 11.9. The molecule has 0 aromatic carbocycles. The summed E-state index contributed by atoms with van der Waals surface area (Å²) in [5.74, 6) is 0.975. The summed E-state index contributed by atoms with van der Waals surface area (Å²) in [4.78, 5) is 17.1. The van der Waals surface area contributed by atoms with Gasteiger partial charge >= 0.3 is 0 Å². The lowest BCUT2D eigenvalue weighted by molar-refractivity contribution is -0.131. The molecule has 3 aliphatic heterocycles. The van der Waals surface area contributed by atoms with E-state index in [1.807, 2.05) is 0 Å². The van der Waals surface area contributed by atoms with E-state index in [9.17, 15) is 4.79 Å². The summed E-state index contributed by atoms with van der Waals surface area (Å²) in [5.41, 5.74) is 0. The summed E-state index contributed by atoms with van der Waals surface area (Å²) in [7, 11) is 0. The smallest absolute Gasteiger partial charge is 0.222 e. The SMILES string of the molecule is O=C(CC1CCCNC1)N1CCC(N2CCCC2)C1. The van der Waals surface area contributed by atoms with Crippen molar-refractivity contribution in [3.63, 3.8) is 0 Å². The summed E-state index contributed by atoms with van der Waals surface area (Å²) >= 11 is 0. The van der Waals surface area contributed by atoms with Gasteiger partial charge in [0.15, 0.2) is 0 Å². The van der Waals surface area contributed by atoms with Crippen molar-refractivity contribution in [3.8, 4) is 0 Å². The summed E-state index contributed by atoms with van der Waals surface area (Å²) in [5, 5.41) is 3.41. The number of rotatable bonds is 3. The fourth-order valence-corrected chi connectivity index (χ4v) is 3.85. The molecule has 0 spiro atoms. The lowest BCUT2D eigenvalue weighted by atomic mass is 9.96. The monoisotopic (exact) mass is 265 g/mol. The largest absolute Gasteiger partial charge is 0.341 e. The third-order valence-corrected chi connectivity index (χ3v) is 5.04. The van der Waals surface area contributed by atoms with Gasteiger partial charge in [-0.1, -0.05) is 0 Å². The molecule has 3 aliphatic rings. The van der Waals surface area contributed by atoms with Crippen molar-refractivity contribution in [1.82, 2.24) is 15.1 Å². The Morgan fingerprint density at radius 1 is 1.11 bits per heavy atom. The number of hydrogen-bond donors (Lipinski definition) is 1. The van der Waals surface area contributed by atoms with Crippen LogP contribution < -0.4 is 5.32 Å². The number of nitrogens with zero attached hydrogens (tertiary/aromatic N) is 2. The minimum Gasteiger partial charge on any atom is -0.341 e. The van der Waals surface area contributed by atoms with Gasteiger partial charge in [-0.15, -0.1) is 0 Å². The number of carbonyl (C=O) groups is 1. The van der Waals surface area contributed by atoms with Crippen LogP contribution in [-0.2, 0) is 4.79 Å². The Hall–Kier alpha value is -0.610. The van der Waals surface area contributed by atoms with Crippen LogP contribution in [0, 0.1) is 5.92 Å². The van der Waals surface area contributed by atoms with Crippen LogP contribution in [0.1, 0.15) is 38.5 Å². The van der Waals surface area contributed by atoms with Gasteiger partial charge in [0.05, 0.1) is 0 Å². The first-order valence-corrected chi connectivity index (χ1v) is 8.05. The van der Waals surface area contributed by atoms with Crippen LogP contribution in [0.15, 0.2) is 0 Å². The van der Waals surface area contributed by atoms with Crippen molar-refractivity contribution in [1.29, 1.82) is 0 Å². The molecule has 3 rings (SSSR count). The zero-order chi connectivity index (χ0) is 13.1. The Labute approximate surface area is 116 Å². The minimum atomic E-state index is 0.399. The average molecular weight is 265 g/mol. The van der Waals surface area contributed by atoms with Crippen molar-refractivity contribution in [3.05, 3.63) is 0 Å². The zero-order valence-corrected chi connectivity index (χ0v) is 11.9. The highest BCUT2D eigenvalue weighted by atomic mass is 16.2. The van der Waals surface area contributed by atoms with Gasteiger partial charge in [-0.05, 0) is 64.2 Å². The molecule has 0 saturated carbocycles. The van der Waals surface area contributed by atoms with Crippen molar-refractivity contribution >= 4 is 5.91 Å². The molecular weight excluding hydrogens is 238 g/mol. The van der Waals surface area contributed by atoms with Gasteiger partial charge in [0, 0.05) is 25.6 Å². The van der Waals surface area contributed by atoms with Crippen LogP contribution in [0.5, 0.6) is 0 Å². The van der Waals surface area contributed by atoms with E-state index in [1.165, 1.54) is 45.2 Å². The van der Waals surface area contributed by atoms with Crippen molar-refractivity contribution in [2.45, 2.75) is 44.6 Å². The average Bonchev–Trinajstić information content (AvgIpc) is 3.11. The van der Waals surface area contributed by atoms with Crippen LogP contribution in [0.25, 0.3) is 0 Å². The molecule has 1 N–H and O–H groups in total. The molecule has 0 aromatic rings. The van der Waals surface area contributed by atoms with Crippen molar-refractivity contribution < 1.29 is 4.79 Å². The normalized spacial score (nSPS) is 32.9. The first-order chi connectivity index (χ1) is 9.33. The van der Waals surface area contributed by atoms with Crippen LogP contribution in [0.2, 0.25) is 0 Å². The third-order valence-electron chi connectivity index (χ3n) is 5.04. The van der Waals surface area contributed by atoms with Gasteiger partial charge in [-0.3, -0.25) is 9.69 Å². The topological polar surface area (TPSA) is 35.6 Å². The summed E-state index contributed by atoms with van der Waals surface area (Å²) in [6.07, 6.45) is 7.10. The predicted octanol–water partition coefficient (Wildman–Crippen LogP) is 1.07. The molecule has 0 bridgehead atoms. The highest BCUT2D eigenvalue weighted by Crippen LogP contribution is 2.22. The fourth-order valence-electron chi connectivity index (χ4n) is 3.85. The van der Waals surface area contributed by atoms with Crippen LogP contribution in [0.4, 0.5) is 0 Å². The number of amides is 1. The van der Waals surface area contributed by atoms with Gasteiger partial charge in [0.2, 0.25) is 5.91 Å². The van der Waals surface area contributed by atoms with Gasteiger partial charge in [0.25, 0.3) is 0 Å². The highest BCUT2D eigenvalue weighted by Gasteiger charge is 2.32. The Morgan fingerprint density at radius 3 is 2.68 bits per heavy atom. The van der Waals surface area contributed by atoms with E-state index in [-0.39, 0.29) is 0 Å². The van der Waals surface area contributed by atoms with Gasteiger partial charge in [-0.2, -0.15) is 0 Å². The van der Waals surface area contributed by atoms with Gasteiger partial charge < -0.3 is 10.2 Å². The minimum absolute atomic E-state index is 0.399. The predicted molar refractivity (Wildman–Crippen MR) is 76.0 cm³/mol. The molecule has 3 saturated heterocycles. The second-order valence-corrected chi connectivity index (χ2v) is 6.44. The molecule has 0 aliphatic carbocycles. The Bertz CT molecular complexity index is 309. The molecule has 108 valence electrons. The van der Waals surface area contributed by atoms with E-state index in [0.717, 1.165) is 32.6 Å². The van der Waals surface area contributed by atoms with Crippen LogP contribution in [0.3, 0.4) is 0 Å². The van der Waals surface area contributed by atoms with E-state index < -0.39 is 0 Å². The molecule has 2 unspecified atom stereocenters. The first-order valence-electron chi connectivity index (χ1n) is 8.05. The van der Waals surface area contributed by atoms with Gasteiger partial charge in [0.1, 0.15) is 0 Å². The Balaban J connectivity index is 1.45. The summed E-state index contributed by atoms with van der Waals surface area (Å²) in [6, 6.07) is 0.649.